The first-order chi connectivity index (χ1) is 10.6. The lowest BCUT2D eigenvalue weighted by atomic mass is 10.1. The standard InChI is InChI=1S/C15H19N5O2/c1-3-20(4-2)11-7-5-10(6-8-11)9-12-13(19-16)17-15(22)18-14(12)21/h5-9H,3-4,16H2,1-2H3,(H2,17,18,19,21,22). The van der Waals surface area contributed by atoms with Gasteiger partial charge in [-0.25, -0.2) is 4.79 Å². The molecule has 0 radical (unpaired) electrons. The van der Waals surface area contributed by atoms with Crippen LogP contribution in [-0.4, -0.2) is 30.9 Å². The molecule has 4 N–H and O–H groups in total. The predicted octanol–water partition coefficient (Wildman–Crippen LogP) is 1.03. The van der Waals surface area contributed by atoms with Gasteiger partial charge in [-0.2, -0.15) is 5.10 Å². The first-order valence-electron chi connectivity index (χ1n) is 7.06. The normalized spacial score (nSPS) is 18.3. The summed E-state index contributed by atoms with van der Waals surface area (Å²) in [5, 5.41) is 8.00. The molecule has 116 valence electrons. The van der Waals surface area contributed by atoms with Gasteiger partial charge < -0.3 is 10.7 Å². The first kappa shape index (κ1) is 15.6. The minimum absolute atomic E-state index is 0.0570. The van der Waals surface area contributed by atoms with E-state index in [1.165, 1.54) is 0 Å². The molecule has 1 fully saturated rings. The van der Waals surface area contributed by atoms with Gasteiger partial charge in [0.05, 0.1) is 5.57 Å². The number of carbonyl (C=O) groups excluding carboxylic acids is 2. The SMILES string of the molecule is CCN(CC)c1ccc(C=C2C(=O)NC(=O)N/C2=N\N)cc1. The zero-order valence-corrected chi connectivity index (χ0v) is 12.6. The van der Waals surface area contributed by atoms with Gasteiger partial charge in [0.25, 0.3) is 5.91 Å². The first-order valence-corrected chi connectivity index (χ1v) is 7.06. The van der Waals surface area contributed by atoms with Crippen molar-refractivity contribution in [2.45, 2.75) is 13.8 Å². The van der Waals surface area contributed by atoms with Gasteiger partial charge in [-0.05, 0) is 37.6 Å². The van der Waals surface area contributed by atoms with Gasteiger partial charge >= 0.3 is 6.03 Å². The lowest BCUT2D eigenvalue weighted by Gasteiger charge is -2.21. The van der Waals surface area contributed by atoms with E-state index in [1.807, 2.05) is 24.3 Å². The van der Waals surface area contributed by atoms with Crippen LogP contribution in [0.2, 0.25) is 0 Å². The van der Waals surface area contributed by atoms with Crippen LogP contribution >= 0.6 is 0 Å². The Bertz CT molecular complexity index is 630. The molecular formula is C15H19N5O2. The van der Waals surface area contributed by atoms with E-state index >= 15 is 0 Å². The van der Waals surface area contributed by atoms with Crippen LogP contribution in [0.25, 0.3) is 6.08 Å². The van der Waals surface area contributed by atoms with Gasteiger partial charge in [0.15, 0.2) is 5.84 Å². The molecule has 22 heavy (non-hydrogen) atoms. The third-order valence-electron chi connectivity index (χ3n) is 3.42. The highest BCUT2D eigenvalue weighted by Gasteiger charge is 2.25. The summed E-state index contributed by atoms with van der Waals surface area (Å²) in [6.45, 7) is 6.04. The van der Waals surface area contributed by atoms with Crippen molar-refractivity contribution >= 4 is 29.5 Å². The van der Waals surface area contributed by atoms with Crippen molar-refractivity contribution in [3.05, 3.63) is 35.4 Å². The topological polar surface area (TPSA) is 99.8 Å². The lowest BCUT2D eigenvalue weighted by molar-refractivity contribution is -0.116. The molecule has 1 heterocycles. The van der Waals surface area contributed by atoms with Crippen LogP contribution in [0.4, 0.5) is 10.5 Å². The highest BCUT2D eigenvalue weighted by molar-refractivity contribution is 6.32. The molecule has 1 saturated heterocycles. The Morgan fingerprint density at radius 3 is 2.32 bits per heavy atom. The number of amidine groups is 1. The summed E-state index contributed by atoms with van der Waals surface area (Å²) >= 11 is 0. The fourth-order valence-corrected chi connectivity index (χ4v) is 2.26. The molecule has 0 bridgehead atoms. The number of hydrogen-bond donors (Lipinski definition) is 3. The number of urea groups is 1. The van der Waals surface area contributed by atoms with Crippen LogP contribution in [0.15, 0.2) is 34.9 Å². The van der Waals surface area contributed by atoms with Crippen molar-refractivity contribution in [2.75, 3.05) is 18.0 Å². The molecule has 1 aliphatic heterocycles. The molecule has 1 aliphatic rings. The quantitative estimate of drug-likeness (QED) is 0.439. The van der Waals surface area contributed by atoms with Gasteiger partial charge in [0.2, 0.25) is 0 Å². The Hall–Kier alpha value is -2.83. The molecule has 2 rings (SSSR count). The molecule has 0 atom stereocenters. The van der Waals surface area contributed by atoms with Crippen molar-refractivity contribution in [2.24, 2.45) is 10.9 Å². The molecule has 0 unspecified atom stereocenters. The van der Waals surface area contributed by atoms with E-state index < -0.39 is 11.9 Å². The average Bonchev–Trinajstić information content (AvgIpc) is 2.52. The fraction of sp³-hybridized carbons (Fsp3) is 0.267. The van der Waals surface area contributed by atoms with Crippen LogP contribution < -0.4 is 21.4 Å². The third-order valence-corrected chi connectivity index (χ3v) is 3.42. The van der Waals surface area contributed by atoms with Crippen LogP contribution in [0, 0.1) is 0 Å². The molecule has 7 heteroatoms. The number of nitrogens with one attached hydrogen (secondary N) is 2. The maximum atomic E-state index is 11.9. The molecule has 0 spiro atoms. The van der Waals surface area contributed by atoms with E-state index in [4.69, 9.17) is 5.84 Å². The molecule has 1 aromatic rings. The highest BCUT2D eigenvalue weighted by atomic mass is 16.2. The number of anilines is 1. The maximum absolute atomic E-state index is 11.9. The highest BCUT2D eigenvalue weighted by Crippen LogP contribution is 2.17. The van der Waals surface area contributed by atoms with E-state index in [2.05, 4.69) is 34.5 Å². The summed E-state index contributed by atoms with van der Waals surface area (Å²) in [6.07, 6.45) is 1.63. The summed E-state index contributed by atoms with van der Waals surface area (Å²) in [5.74, 6) is 4.75. The molecular weight excluding hydrogens is 282 g/mol. The minimum atomic E-state index is -0.636. The van der Waals surface area contributed by atoms with Gasteiger partial charge in [0, 0.05) is 18.8 Å². The molecule has 0 saturated carbocycles. The molecule has 1 aromatic carbocycles. The van der Waals surface area contributed by atoms with Crippen LogP contribution in [0.1, 0.15) is 19.4 Å². The average molecular weight is 301 g/mol. The largest absolute Gasteiger partial charge is 0.372 e. The smallest absolute Gasteiger partial charge is 0.327 e. The number of rotatable bonds is 4. The molecule has 0 aromatic heterocycles. The maximum Gasteiger partial charge on any atom is 0.327 e. The van der Waals surface area contributed by atoms with Crippen molar-refractivity contribution < 1.29 is 9.59 Å². The Kier molecular flexibility index (Phi) is 4.77. The number of amides is 3. The van der Waals surface area contributed by atoms with Crippen molar-refractivity contribution in [1.82, 2.24) is 10.6 Å². The zero-order chi connectivity index (χ0) is 16.1. The second-order valence-corrected chi connectivity index (χ2v) is 4.71. The molecule has 3 amide bonds. The number of imide groups is 1. The number of nitrogens with two attached hydrogens (primary N) is 1. The Balaban J connectivity index is 2.28. The predicted molar refractivity (Wildman–Crippen MR) is 86.3 cm³/mol. The van der Waals surface area contributed by atoms with Crippen molar-refractivity contribution in [3.8, 4) is 0 Å². The van der Waals surface area contributed by atoms with Crippen molar-refractivity contribution in [3.63, 3.8) is 0 Å². The number of hydrogen-bond acceptors (Lipinski definition) is 5. The van der Waals surface area contributed by atoms with Gasteiger partial charge in [-0.15, -0.1) is 0 Å². The van der Waals surface area contributed by atoms with Crippen LogP contribution in [-0.2, 0) is 4.79 Å². The fourth-order valence-electron chi connectivity index (χ4n) is 2.26. The number of carbonyl (C=O) groups is 2. The second-order valence-electron chi connectivity index (χ2n) is 4.71. The third kappa shape index (κ3) is 3.25. The number of hydrazone groups is 1. The summed E-state index contributed by atoms with van der Waals surface area (Å²) < 4.78 is 0. The second kappa shape index (κ2) is 6.75. The van der Waals surface area contributed by atoms with Gasteiger partial charge in [0.1, 0.15) is 0 Å². The summed E-state index contributed by atoms with van der Waals surface area (Å²) in [7, 11) is 0. The van der Waals surface area contributed by atoms with Crippen LogP contribution in [0.5, 0.6) is 0 Å². The summed E-state index contributed by atoms with van der Waals surface area (Å²) in [6, 6.07) is 7.13. The Morgan fingerprint density at radius 2 is 1.77 bits per heavy atom. The van der Waals surface area contributed by atoms with E-state index in [9.17, 15) is 9.59 Å². The van der Waals surface area contributed by atoms with E-state index in [-0.39, 0.29) is 11.4 Å². The molecule has 7 nitrogen and oxygen atoms in total. The summed E-state index contributed by atoms with van der Waals surface area (Å²) in [5.41, 5.74) is 2.15. The van der Waals surface area contributed by atoms with E-state index in [1.54, 1.807) is 6.08 Å². The van der Waals surface area contributed by atoms with Crippen LogP contribution in [0.3, 0.4) is 0 Å². The summed E-state index contributed by atoms with van der Waals surface area (Å²) in [4.78, 5) is 25.3. The Labute approximate surface area is 128 Å². The van der Waals surface area contributed by atoms with E-state index in [0.29, 0.717) is 0 Å². The minimum Gasteiger partial charge on any atom is -0.372 e. The lowest BCUT2D eigenvalue weighted by Crippen LogP contribution is -2.51. The van der Waals surface area contributed by atoms with E-state index in [0.717, 1.165) is 24.3 Å². The number of nitrogens with zero attached hydrogens (tertiary/aromatic N) is 2. The van der Waals surface area contributed by atoms with Gasteiger partial charge in [-0.1, -0.05) is 12.1 Å². The molecule has 0 aliphatic carbocycles. The van der Waals surface area contributed by atoms with Crippen molar-refractivity contribution in [1.29, 1.82) is 0 Å². The number of benzene rings is 1. The Morgan fingerprint density at radius 1 is 1.14 bits per heavy atom. The zero-order valence-electron chi connectivity index (χ0n) is 12.6. The monoisotopic (exact) mass is 301 g/mol. The van der Waals surface area contributed by atoms with Gasteiger partial charge in [-0.3, -0.25) is 15.4 Å².